The monoisotopic (exact) mass is 526 g/mol. The molecule has 1 heterocycles. The van der Waals surface area contributed by atoms with Crippen LogP contribution in [0.2, 0.25) is 10.0 Å². The van der Waals surface area contributed by atoms with Gasteiger partial charge in [0, 0.05) is 28.7 Å². The Kier molecular flexibility index (Phi) is 9.27. The number of sulfonamides is 1. The number of nitrogens with zero attached hydrogens (tertiary/aromatic N) is 1. The second-order valence-electron chi connectivity index (χ2n) is 9.12. The second-order valence-corrected chi connectivity index (χ2v) is 11.9. The lowest BCUT2D eigenvalue weighted by Crippen LogP contribution is -2.46. The summed E-state index contributed by atoms with van der Waals surface area (Å²) in [6.07, 6.45) is 2.03. The van der Waals surface area contributed by atoms with E-state index in [1.54, 1.807) is 25.3 Å². The van der Waals surface area contributed by atoms with Gasteiger partial charge in [-0.05, 0) is 55.0 Å². The molecule has 2 atom stereocenters. The lowest BCUT2D eigenvalue weighted by molar-refractivity contribution is -0.127. The van der Waals surface area contributed by atoms with Crippen LogP contribution >= 0.6 is 23.2 Å². The van der Waals surface area contributed by atoms with Crippen molar-refractivity contribution in [3.8, 4) is 5.75 Å². The first kappa shape index (κ1) is 26.8. The summed E-state index contributed by atoms with van der Waals surface area (Å²) >= 11 is 12.4. The van der Waals surface area contributed by atoms with Crippen molar-refractivity contribution in [1.29, 1.82) is 0 Å². The van der Waals surface area contributed by atoms with Gasteiger partial charge < -0.3 is 10.1 Å². The van der Waals surface area contributed by atoms with E-state index in [4.69, 9.17) is 27.9 Å². The zero-order valence-corrected chi connectivity index (χ0v) is 22.1. The SMILES string of the molecule is COc1ccc([C@@H](CC(C)C)NC(=O)[C@@H]2CCCN(S(=O)(=O)Cc3c(Cl)cccc3Cl)C2)cc1. The van der Waals surface area contributed by atoms with E-state index >= 15 is 0 Å². The molecule has 0 aromatic heterocycles. The Balaban J connectivity index is 1.71. The molecule has 2 aromatic rings. The van der Waals surface area contributed by atoms with E-state index < -0.39 is 15.9 Å². The number of piperidine rings is 1. The molecule has 2 aromatic carbocycles. The number of nitrogens with one attached hydrogen (secondary N) is 1. The summed E-state index contributed by atoms with van der Waals surface area (Å²) in [5, 5.41) is 3.80. The lowest BCUT2D eigenvalue weighted by atomic mass is 9.94. The van der Waals surface area contributed by atoms with Gasteiger partial charge in [-0.25, -0.2) is 12.7 Å². The van der Waals surface area contributed by atoms with Gasteiger partial charge in [0.05, 0.1) is 24.8 Å². The predicted octanol–water partition coefficient (Wildman–Crippen LogP) is 5.45. The largest absolute Gasteiger partial charge is 0.497 e. The Hall–Kier alpha value is -1.80. The highest BCUT2D eigenvalue weighted by Crippen LogP contribution is 2.30. The number of rotatable bonds is 9. The number of methoxy groups -OCH3 is 1. The van der Waals surface area contributed by atoms with Crippen LogP contribution in [0.5, 0.6) is 5.75 Å². The maximum absolute atomic E-state index is 13.2. The molecule has 9 heteroatoms. The highest BCUT2D eigenvalue weighted by Gasteiger charge is 2.34. The number of ether oxygens (including phenoxy) is 1. The first-order chi connectivity index (χ1) is 16.1. The molecule has 0 spiro atoms. The molecule has 3 rings (SSSR count). The molecular weight excluding hydrogens is 495 g/mol. The fourth-order valence-electron chi connectivity index (χ4n) is 4.23. The minimum Gasteiger partial charge on any atom is -0.497 e. The van der Waals surface area contributed by atoms with E-state index in [-0.39, 0.29) is 24.2 Å². The van der Waals surface area contributed by atoms with Crippen LogP contribution in [0.25, 0.3) is 0 Å². The summed E-state index contributed by atoms with van der Waals surface area (Å²) < 4.78 is 32.9. The Morgan fingerprint density at radius 2 is 1.79 bits per heavy atom. The maximum atomic E-state index is 13.2. The van der Waals surface area contributed by atoms with Crippen LogP contribution < -0.4 is 10.1 Å². The van der Waals surface area contributed by atoms with Gasteiger partial charge in [0.1, 0.15) is 5.75 Å². The molecule has 6 nitrogen and oxygen atoms in total. The van der Waals surface area contributed by atoms with Gasteiger partial charge >= 0.3 is 0 Å². The molecule has 1 fully saturated rings. The fourth-order valence-corrected chi connectivity index (χ4v) is 6.59. The lowest BCUT2D eigenvalue weighted by Gasteiger charge is -2.32. The van der Waals surface area contributed by atoms with Crippen LogP contribution in [0.1, 0.15) is 50.3 Å². The fraction of sp³-hybridized carbons (Fsp3) is 0.480. The third-order valence-corrected chi connectivity index (χ3v) is 8.56. The number of hydrogen-bond acceptors (Lipinski definition) is 4. The van der Waals surface area contributed by atoms with Crippen LogP contribution in [-0.4, -0.2) is 38.8 Å². The van der Waals surface area contributed by atoms with Crippen molar-refractivity contribution in [3.05, 3.63) is 63.6 Å². The average molecular weight is 528 g/mol. The van der Waals surface area contributed by atoms with Gasteiger partial charge in [-0.3, -0.25) is 4.79 Å². The minimum atomic E-state index is -3.68. The normalized spacial score (nSPS) is 18.0. The topological polar surface area (TPSA) is 75.7 Å². The Labute approximate surface area is 212 Å². The van der Waals surface area contributed by atoms with Crippen molar-refractivity contribution >= 4 is 39.1 Å². The molecule has 1 N–H and O–H groups in total. The highest BCUT2D eigenvalue weighted by atomic mass is 35.5. The number of hydrogen-bond donors (Lipinski definition) is 1. The Morgan fingerprint density at radius 3 is 2.38 bits per heavy atom. The quantitative estimate of drug-likeness (QED) is 0.471. The average Bonchev–Trinajstić information content (AvgIpc) is 2.81. The van der Waals surface area contributed by atoms with Crippen LogP contribution in [-0.2, 0) is 20.6 Å². The second kappa shape index (κ2) is 11.8. The van der Waals surface area contributed by atoms with Gasteiger partial charge in [0.2, 0.25) is 15.9 Å². The number of amides is 1. The van der Waals surface area contributed by atoms with Crippen LogP contribution in [0.15, 0.2) is 42.5 Å². The van der Waals surface area contributed by atoms with Crippen LogP contribution in [0.4, 0.5) is 0 Å². The smallest absolute Gasteiger partial charge is 0.224 e. The van der Waals surface area contributed by atoms with Crippen molar-refractivity contribution < 1.29 is 17.9 Å². The van der Waals surface area contributed by atoms with Gasteiger partial charge in [0.15, 0.2) is 0 Å². The molecule has 1 saturated heterocycles. The van der Waals surface area contributed by atoms with E-state index in [0.29, 0.717) is 40.9 Å². The van der Waals surface area contributed by atoms with E-state index in [1.165, 1.54) is 4.31 Å². The molecule has 1 aliphatic heterocycles. The third kappa shape index (κ3) is 6.87. The zero-order valence-electron chi connectivity index (χ0n) is 19.8. The summed E-state index contributed by atoms with van der Waals surface area (Å²) in [6.45, 7) is 4.74. The Bertz CT molecular complexity index is 1070. The number of benzene rings is 2. The predicted molar refractivity (Wildman–Crippen MR) is 137 cm³/mol. The van der Waals surface area contributed by atoms with Crippen molar-refractivity contribution in [2.75, 3.05) is 20.2 Å². The molecule has 34 heavy (non-hydrogen) atoms. The van der Waals surface area contributed by atoms with E-state index in [1.807, 2.05) is 24.3 Å². The molecular formula is C25H32Cl2N2O4S. The summed E-state index contributed by atoms with van der Waals surface area (Å²) in [7, 11) is -2.07. The maximum Gasteiger partial charge on any atom is 0.224 e. The number of carbonyl (C=O) groups is 1. The molecule has 0 bridgehead atoms. The summed E-state index contributed by atoms with van der Waals surface area (Å²) in [5.74, 6) is 0.290. The van der Waals surface area contributed by atoms with Gasteiger partial charge in [0.25, 0.3) is 0 Å². The van der Waals surface area contributed by atoms with E-state index in [0.717, 1.165) is 17.7 Å². The first-order valence-electron chi connectivity index (χ1n) is 11.5. The first-order valence-corrected chi connectivity index (χ1v) is 13.8. The van der Waals surface area contributed by atoms with Crippen molar-refractivity contribution in [2.45, 2.75) is 44.9 Å². The van der Waals surface area contributed by atoms with Crippen LogP contribution in [0.3, 0.4) is 0 Å². The van der Waals surface area contributed by atoms with Gasteiger partial charge in [-0.15, -0.1) is 0 Å². The van der Waals surface area contributed by atoms with Gasteiger partial charge in [-0.1, -0.05) is 55.2 Å². The molecule has 1 amide bonds. The van der Waals surface area contributed by atoms with Gasteiger partial charge in [-0.2, -0.15) is 0 Å². The third-order valence-electron chi connectivity index (χ3n) is 6.08. The molecule has 1 aliphatic rings. The molecule has 0 saturated carbocycles. The standard InChI is InChI=1S/C25H32Cl2N2O4S/c1-17(2)14-24(18-9-11-20(33-3)12-10-18)28-25(30)19-6-5-13-29(15-19)34(31,32)16-21-22(26)7-4-8-23(21)27/h4,7-12,17,19,24H,5-6,13-16H2,1-3H3,(H,28,30)/t19-,24-/m1/s1. The molecule has 0 unspecified atom stereocenters. The van der Waals surface area contributed by atoms with E-state index in [9.17, 15) is 13.2 Å². The molecule has 186 valence electrons. The van der Waals surface area contributed by atoms with Crippen LogP contribution in [0, 0.1) is 11.8 Å². The van der Waals surface area contributed by atoms with Crippen molar-refractivity contribution in [3.63, 3.8) is 0 Å². The molecule has 0 aliphatic carbocycles. The number of halogens is 2. The summed E-state index contributed by atoms with van der Waals surface area (Å²) in [6, 6.07) is 12.4. The zero-order chi connectivity index (χ0) is 24.9. The molecule has 0 radical (unpaired) electrons. The number of carbonyl (C=O) groups excluding carboxylic acids is 1. The minimum absolute atomic E-state index is 0.128. The highest BCUT2D eigenvalue weighted by molar-refractivity contribution is 7.88. The van der Waals surface area contributed by atoms with Crippen molar-refractivity contribution in [2.24, 2.45) is 11.8 Å². The van der Waals surface area contributed by atoms with Crippen molar-refractivity contribution in [1.82, 2.24) is 9.62 Å². The Morgan fingerprint density at radius 1 is 1.15 bits per heavy atom. The summed E-state index contributed by atoms with van der Waals surface area (Å²) in [4.78, 5) is 13.2. The summed E-state index contributed by atoms with van der Waals surface area (Å²) in [5.41, 5.74) is 1.38. The van der Waals surface area contributed by atoms with E-state index in [2.05, 4.69) is 19.2 Å².